The Morgan fingerprint density at radius 2 is 2.11 bits per heavy atom. The fraction of sp³-hybridized carbons (Fsp3) is 0.381. The number of nitrogens with one attached hydrogen (secondary N) is 2. The van der Waals surface area contributed by atoms with Crippen LogP contribution in [0.2, 0.25) is 0 Å². The lowest BCUT2D eigenvalue weighted by molar-refractivity contribution is 0.0943. The monoisotopic (exact) mass is 378 g/mol. The van der Waals surface area contributed by atoms with E-state index in [0.29, 0.717) is 18.3 Å². The van der Waals surface area contributed by atoms with Crippen LogP contribution in [0.3, 0.4) is 0 Å². The van der Waals surface area contributed by atoms with Gasteiger partial charge in [-0.1, -0.05) is 30.3 Å². The standard InChI is InChI=1S/C21H26N6O/c28-21(19-9-13-27(25-19)18-7-4-10-22-15-18)24-16-20-23-11-14-26(20)12-8-17-5-2-1-3-6-17/h1-3,5-6,9,11,13-14,18,22H,4,7-8,10,12,15-16H2,(H,24,28). The average molecular weight is 378 g/mol. The minimum absolute atomic E-state index is 0.167. The fourth-order valence-electron chi connectivity index (χ4n) is 3.58. The number of nitrogens with zero attached hydrogens (tertiary/aromatic N) is 4. The van der Waals surface area contributed by atoms with Crippen molar-refractivity contribution in [3.05, 3.63) is 72.1 Å². The van der Waals surface area contributed by atoms with Gasteiger partial charge in [0.05, 0.1) is 12.6 Å². The molecule has 0 saturated carbocycles. The molecule has 28 heavy (non-hydrogen) atoms. The number of aryl methyl sites for hydroxylation is 2. The van der Waals surface area contributed by atoms with Gasteiger partial charge in [0.1, 0.15) is 11.5 Å². The van der Waals surface area contributed by atoms with Crippen LogP contribution in [0.5, 0.6) is 0 Å². The molecule has 0 bridgehead atoms. The number of hydrogen-bond acceptors (Lipinski definition) is 4. The number of carbonyl (C=O) groups excluding carboxylic acids is 1. The number of hydrogen-bond donors (Lipinski definition) is 2. The normalized spacial score (nSPS) is 16.8. The van der Waals surface area contributed by atoms with Gasteiger partial charge in [0.2, 0.25) is 0 Å². The lowest BCUT2D eigenvalue weighted by atomic mass is 10.1. The van der Waals surface area contributed by atoms with Crippen molar-refractivity contribution in [2.75, 3.05) is 13.1 Å². The maximum Gasteiger partial charge on any atom is 0.272 e. The van der Waals surface area contributed by atoms with Crippen LogP contribution in [0.15, 0.2) is 55.0 Å². The third-order valence-electron chi connectivity index (χ3n) is 5.18. The van der Waals surface area contributed by atoms with Gasteiger partial charge < -0.3 is 15.2 Å². The Morgan fingerprint density at radius 3 is 2.93 bits per heavy atom. The number of amides is 1. The molecule has 1 atom stereocenters. The summed E-state index contributed by atoms with van der Waals surface area (Å²) in [6.07, 6.45) is 8.78. The molecule has 7 heteroatoms. The SMILES string of the molecule is O=C(NCc1nccn1CCc1ccccc1)c1ccn(C2CCCNC2)n1. The minimum Gasteiger partial charge on any atom is -0.343 e. The number of rotatable bonds is 7. The second-order valence-corrected chi connectivity index (χ2v) is 7.14. The van der Waals surface area contributed by atoms with Gasteiger partial charge in [-0.25, -0.2) is 4.98 Å². The molecule has 1 aromatic carbocycles. The Labute approximate surface area is 164 Å². The van der Waals surface area contributed by atoms with Gasteiger partial charge in [0.25, 0.3) is 5.91 Å². The van der Waals surface area contributed by atoms with Gasteiger partial charge in [-0.05, 0) is 37.4 Å². The summed E-state index contributed by atoms with van der Waals surface area (Å²) in [5, 5.41) is 10.8. The summed E-state index contributed by atoms with van der Waals surface area (Å²) < 4.78 is 3.99. The molecule has 0 radical (unpaired) electrons. The van der Waals surface area contributed by atoms with Gasteiger partial charge in [0.15, 0.2) is 0 Å². The molecular weight excluding hydrogens is 352 g/mol. The lowest BCUT2D eigenvalue weighted by Gasteiger charge is -2.22. The van der Waals surface area contributed by atoms with Gasteiger partial charge in [0, 0.05) is 31.7 Å². The summed E-state index contributed by atoms with van der Waals surface area (Å²) in [4.78, 5) is 16.9. The van der Waals surface area contributed by atoms with E-state index in [1.54, 1.807) is 12.3 Å². The maximum atomic E-state index is 12.5. The van der Waals surface area contributed by atoms with Gasteiger partial charge in [-0.2, -0.15) is 5.10 Å². The number of imidazole rings is 1. The van der Waals surface area contributed by atoms with Gasteiger partial charge in [-0.15, -0.1) is 0 Å². The van der Waals surface area contributed by atoms with Crippen molar-refractivity contribution in [1.82, 2.24) is 30.0 Å². The van der Waals surface area contributed by atoms with E-state index in [0.717, 1.165) is 44.7 Å². The summed E-state index contributed by atoms with van der Waals surface area (Å²) in [6, 6.07) is 12.5. The van der Waals surface area contributed by atoms with E-state index in [1.807, 2.05) is 35.3 Å². The molecule has 3 aromatic rings. The molecule has 1 aliphatic rings. The van der Waals surface area contributed by atoms with Crippen molar-refractivity contribution in [3.63, 3.8) is 0 Å². The first-order valence-corrected chi connectivity index (χ1v) is 9.87. The molecule has 1 unspecified atom stereocenters. The molecule has 0 aliphatic carbocycles. The molecule has 1 fully saturated rings. The van der Waals surface area contributed by atoms with Crippen molar-refractivity contribution in [2.45, 2.75) is 38.4 Å². The summed E-state index contributed by atoms with van der Waals surface area (Å²) in [5.74, 6) is 0.681. The topological polar surface area (TPSA) is 76.8 Å². The van der Waals surface area contributed by atoms with E-state index in [9.17, 15) is 4.79 Å². The highest BCUT2D eigenvalue weighted by Crippen LogP contribution is 2.15. The van der Waals surface area contributed by atoms with E-state index in [2.05, 4.69) is 37.4 Å². The molecule has 146 valence electrons. The number of aromatic nitrogens is 4. The van der Waals surface area contributed by atoms with Crippen LogP contribution >= 0.6 is 0 Å². The Morgan fingerprint density at radius 1 is 1.21 bits per heavy atom. The van der Waals surface area contributed by atoms with Crippen LogP contribution in [0.4, 0.5) is 0 Å². The summed E-state index contributed by atoms with van der Waals surface area (Å²) in [6.45, 7) is 3.18. The first-order chi connectivity index (χ1) is 13.8. The third kappa shape index (κ3) is 4.48. The molecule has 3 heterocycles. The molecule has 0 spiro atoms. The second kappa shape index (κ2) is 8.84. The highest BCUT2D eigenvalue weighted by Gasteiger charge is 2.18. The maximum absolute atomic E-state index is 12.5. The minimum atomic E-state index is -0.167. The molecule has 1 aliphatic heterocycles. The third-order valence-corrected chi connectivity index (χ3v) is 5.18. The van der Waals surface area contributed by atoms with Crippen molar-refractivity contribution < 1.29 is 4.79 Å². The zero-order valence-corrected chi connectivity index (χ0v) is 15.9. The first kappa shape index (κ1) is 18.4. The summed E-state index contributed by atoms with van der Waals surface area (Å²) in [5.41, 5.74) is 1.74. The Bertz CT molecular complexity index is 895. The van der Waals surface area contributed by atoms with Crippen molar-refractivity contribution in [2.24, 2.45) is 0 Å². The van der Waals surface area contributed by atoms with Crippen LogP contribution in [-0.4, -0.2) is 38.3 Å². The molecule has 1 saturated heterocycles. The Hall–Kier alpha value is -2.93. The second-order valence-electron chi connectivity index (χ2n) is 7.14. The van der Waals surface area contributed by atoms with E-state index in [4.69, 9.17) is 0 Å². The lowest BCUT2D eigenvalue weighted by Crippen LogP contribution is -2.32. The zero-order valence-electron chi connectivity index (χ0n) is 15.9. The highest BCUT2D eigenvalue weighted by molar-refractivity contribution is 5.92. The zero-order chi connectivity index (χ0) is 19.2. The van der Waals surface area contributed by atoms with Crippen molar-refractivity contribution in [1.29, 1.82) is 0 Å². The number of benzene rings is 1. The Kier molecular flexibility index (Phi) is 5.82. The number of piperidine rings is 1. The largest absolute Gasteiger partial charge is 0.343 e. The van der Waals surface area contributed by atoms with Crippen LogP contribution in [0, 0.1) is 0 Å². The summed E-state index contributed by atoms with van der Waals surface area (Å²) in [7, 11) is 0. The smallest absolute Gasteiger partial charge is 0.272 e. The number of carbonyl (C=O) groups is 1. The average Bonchev–Trinajstić information content (AvgIpc) is 3.42. The first-order valence-electron chi connectivity index (χ1n) is 9.87. The van der Waals surface area contributed by atoms with Crippen LogP contribution < -0.4 is 10.6 Å². The van der Waals surface area contributed by atoms with E-state index >= 15 is 0 Å². The molecule has 4 rings (SSSR count). The van der Waals surface area contributed by atoms with Crippen LogP contribution in [0.1, 0.15) is 40.8 Å². The van der Waals surface area contributed by atoms with E-state index in [1.165, 1.54) is 5.56 Å². The molecule has 7 nitrogen and oxygen atoms in total. The van der Waals surface area contributed by atoms with Gasteiger partial charge >= 0.3 is 0 Å². The highest BCUT2D eigenvalue weighted by atomic mass is 16.1. The van der Waals surface area contributed by atoms with E-state index in [-0.39, 0.29) is 5.91 Å². The molecule has 1 amide bonds. The van der Waals surface area contributed by atoms with Gasteiger partial charge in [-0.3, -0.25) is 9.48 Å². The predicted molar refractivity (Wildman–Crippen MR) is 107 cm³/mol. The molecular formula is C21H26N6O. The molecule has 2 aromatic heterocycles. The quantitative estimate of drug-likeness (QED) is 0.661. The van der Waals surface area contributed by atoms with Crippen molar-refractivity contribution >= 4 is 5.91 Å². The summed E-state index contributed by atoms with van der Waals surface area (Å²) >= 11 is 0. The predicted octanol–water partition coefficient (Wildman–Crippen LogP) is 2.18. The van der Waals surface area contributed by atoms with Crippen LogP contribution in [-0.2, 0) is 19.5 Å². The molecule has 2 N–H and O–H groups in total. The van der Waals surface area contributed by atoms with Crippen molar-refractivity contribution in [3.8, 4) is 0 Å². The van der Waals surface area contributed by atoms with E-state index < -0.39 is 0 Å². The Balaban J connectivity index is 1.31. The van der Waals surface area contributed by atoms with Crippen LogP contribution in [0.25, 0.3) is 0 Å². The fourth-order valence-corrected chi connectivity index (χ4v) is 3.58.